The molecule has 15 heavy (non-hydrogen) atoms. The maximum atomic E-state index is 11.7. The average Bonchev–Trinajstić information content (AvgIpc) is 2.12. The van der Waals surface area contributed by atoms with Gasteiger partial charge in [-0.25, -0.2) is 8.42 Å². The van der Waals surface area contributed by atoms with Crippen LogP contribution in [0.15, 0.2) is 0 Å². The molecule has 0 fully saturated rings. The average molecular weight is 255 g/mol. The van der Waals surface area contributed by atoms with E-state index in [4.69, 9.17) is 0 Å². The molecule has 0 spiro atoms. The fourth-order valence-electron chi connectivity index (χ4n) is 1.14. The molecule has 0 saturated heterocycles. The molecule has 0 aliphatic heterocycles. The fraction of sp³-hybridized carbons (Fsp3) is 1.00. The summed E-state index contributed by atoms with van der Waals surface area (Å²) in [5, 5.41) is 3.16. The van der Waals surface area contributed by atoms with Crippen LogP contribution in [0.5, 0.6) is 0 Å². The van der Waals surface area contributed by atoms with E-state index >= 15 is 0 Å². The van der Waals surface area contributed by atoms with E-state index in [2.05, 4.69) is 5.32 Å². The fourth-order valence-corrected chi connectivity index (χ4v) is 3.93. The predicted molar refractivity (Wildman–Crippen MR) is 65.3 cm³/mol. The number of nitrogens with one attached hydrogen (secondary N) is 1. The molecule has 3 unspecified atom stereocenters. The lowest BCUT2D eigenvalue weighted by Gasteiger charge is -2.19. The van der Waals surface area contributed by atoms with Crippen LogP contribution in [-0.2, 0) is 20.6 Å². The third-order valence-corrected chi connectivity index (χ3v) is 5.35. The first-order chi connectivity index (χ1) is 6.78. The Morgan fingerprint density at radius 3 is 2.27 bits per heavy atom. The number of rotatable bonds is 7. The van der Waals surface area contributed by atoms with Gasteiger partial charge in [-0.05, 0) is 20.4 Å². The minimum atomic E-state index is -3.00. The maximum Gasteiger partial charge on any atom is 0.148 e. The minimum Gasteiger partial charge on any atom is -0.313 e. The van der Waals surface area contributed by atoms with Crippen molar-refractivity contribution in [1.82, 2.24) is 5.32 Å². The van der Waals surface area contributed by atoms with Gasteiger partial charge in [0.1, 0.15) is 9.84 Å². The zero-order valence-electron chi connectivity index (χ0n) is 9.82. The summed E-state index contributed by atoms with van der Waals surface area (Å²) < 4.78 is 33.5. The van der Waals surface area contributed by atoms with Crippen LogP contribution in [-0.4, -0.2) is 48.2 Å². The van der Waals surface area contributed by atoms with E-state index in [9.17, 15) is 12.6 Å². The monoisotopic (exact) mass is 255 g/mol. The normalized spacial score (nSPS) is 18.4. The number of hydrogen-bond donors (Lipinski definition) is 1. The first-order valence-electron chi connectivity index (χ1n) is 5.06. The Morgan fingerprint density at radius 1 is 1.33 bits per heavy atom. The lowest BCUT2D eigenvalue weighted by Crippen LogP contribution is -2.39. The second kappa shape index (κ2) is 6.60. The minimum absolute atomic E-state index is 0.00277. The van der Waals surface area contributed by atoms with Crippen LogP contribution in [0, 0.1) is 0 Å². The van der Waals surface area contributed by atoms with E-state index in [1.807, 2.05) is 20.8 Å². The van der Waals surface area contributed by atoms with Crippen molar-refractivity contribution in [3.63, 3.8) is 0 Å². The summed E-state index contributed by atoms with van der Waals surface area (Å²) >= 11 is 0. The molecular formula is C9H21NO3S2. The van der Waals surface area contributed by atoms with Crippen molar-refractivity contribution in [3.05, 3.63) is 0 Å². The zero-order valence-corrected chi connectivity index (χ0v) is 11.5. The Kier molecular flexibility index (Phi) is 6.63. The van der Waals surface area contributed by atoms with E-state index in [1.54, 1.807) is 0 Å². The van der Waals surface area contributed by atoms with Gasteiger partial charge in [0, 0.05) is 34.1 Å². The summed E-state index contributed by atoms with van der Waals surface area (Å²) in [4.78, 5) is 0. The van der Waals surface area contributed by atoms with Crippen molar-refractivity contribution >= 4 is 20.6 Å². The second-order valence-corrected chi connectivity index (χ2v) is 7.94. The Balaban J connectivity index is 4.10. The molecule has 0 aromatic rings. The Hall–Kier alpha value is 0.0600. The molecule has 0 aliphatic rings. The van der Waals surface area contributed by atoms with Crippen LogP contribution in [0.1, 0.15) is 20.8 Å². The highest BCUT2D eigenvalue weighted by Gasteiger charge is 2.18. The van der Waals surface area contributed by atoms with Gasteiger partial charge in [0.15, 0.2) is 0 Å². The van der Waals surface area contributed by atoms with Gasteiger partial charge in [-0.2, -0.15) is 0 Å². The van der Waals surface area contributed by atoms with Crippen molar-refractivity contribution in [2.45, 2.75) is 32.1 Å². The number of hydrogen-bond acceptors (Lipinski definition) is 4. The Bertz CT molecular complexity index is 300. The molecule has 1 N–H and O–H groups in total. The van der Waals surface area contributed by atoms with Gasteiger partial charge in [0.2, 0.25) is 0 Å². The third-order valence-electron chi connectivity index (χ3n) is 2.30. The van der Waals surface area contributed by atoms with Crippen LogP contribution in [0.2, 0.25) is 0 Å². The molecule has 0 rings (SSSR count). The molecule has 0 aliphatic carbocycles. The summed E-state index contributed by atoms with van der Waals surface area (Å²) in [6.45, 7) is 6.66. The molecule has 92 valence electrons. The molecule has 0 aromatic heterocycles. The van der Waals surface area contributed by atoms with E-state index in [1.165, 1.54) is 6.26 Å². The molecule has 4 nitrogen and oxygen atoms in total. The molecule has 0 saturated carbocycles. The van der Waals surface area contributed by atoms with Crippen LogP contribution in [0.25, 0.3) is 0 Å². The molecular weight excluding hydrogens is 234 g/mol. The van der Waals surface area contributed by atoms with E-state index in [0.29, 0.717) is 0 Å². The molecule has 3 atom stereocenters. The summed E-state index contributed by atoms with van der Waals surface area (Å²) in [6, 6.07) is 0.149. The van der Waals surface area contributed by atoms with Crippen molar-refractivity contribution in [3.8, 4) is 0 Å². The lowest BCUT2D eigenvalue weighted by molar-refractivity contribution is 0.550. The maximum absolute atomic E-state index is 11.7. The topological polar surface area (TPSA) is 63.2 Å². The van der Waals surface area contributed by atoms with Gasteiger partial charge >= 0.3 is 0 Å². The highest BCUT2D eigenvalue weighted by atomic mass is 32.2. The van der Waals surface area contributed by atoms with Gasteiger partial charge in [0.25, 0.3) is 0 Å². The van der Waals surface area contributed by atoms with Crippen LogP contribution in [0.3, 0.4) is 0 Å². The summed E-state index contributed by atoms with van der Waals surface area (Å²) in [5.41, 5.74) is 0. The first kappa shape index (κ1) is 15.1. The third kappa shape index (κ3) is 7.03. The smallest absolute Gasteiger partial charge is 0.148 e. The van der Waals surface area contributed by atoms with Gasteiger partial charge < -0.3 is 5.32 Å². The summed E-state index contributed by atoms with van der Waals surface area (Å²) in [6.07, 6.45) is 1.17. The Morgan fingerprint density at radius 2 is 1.87 bits per heavy atom. The molecule has 0 bridgehead atoms. The molecule has 0 aromatic carbocycles. The Labute approximate surface area is 95.2 Å². The van der Waals surface area contributed by atoms with Gasteiger partial charge in [-0.1, -0.05) is 6.92 Å². The van der Waals surface area contributed by atoms with Crippen LogP contribution < -0.4 is 5.32 Å². The first-order valence-corrected chi connectivity index (χ1v) is 8.50. The SMILES string of the molecule is CCNC(C)C(C)S(=O)CCS(C)(=O)=O. The van der Waals surface area contributed by atoms with Gasteiger partial charge in [0.05, 0.1) is 5.75 Å². The van der Waals surface area contributed by atoms with Gasteiger partial charge in [-0.15, -0.1) is 0 Å². The molecule has 0 radical (unpaired) electrons. The summed E-state index contributed by atoms with van der Waals surface area (Å²) in [7, 11) is -4.09. The molecule has 0 amide bonds. The van der Waals surface area contributed by atoms with E-state index < -0.39 is 20.6 Å². The molecule has 0 heterocycles. The van der Waals surface area contributed by atoms with Crippen molar-refractivity contribution in [1.29, 1.82) is 0 Å². The largest absolute Gasteiger partial charge is 0.313 e. The lowest BCUT2D eigenvalue weighted by atomic mass is 10.2. The second-order valence-electron chi connectivity index (χ2n) is 3.77. The van der Waals surface area contributed by atoms with E-state index in [-0.39, 0.29) is 22.8 Å². The predicted octanol–water partition coefficient (Wildman–Crippen LogP) is 0.166. The van der Waals surface area contributed by atoms with Crippen LogP contribution >= 0.6 is 0 Å². The summed E-state index contributed by atoms with van der Waals surface area (Å²) in [5.74, 6) is 0.235. The highest BCUT2D eigenvalue weighted by Crippen LogP contribution is 2.03. The highest BCUT2D eigenvalue weighted by molar-refractivity contribution is 7.92. The van der Waals surface area contributed by atoms with Crippen molar-refractivity contribution in [2.75, 3.05) is 24.3 Å². The number of sulfone groups is 1. The quantitative estimate of drug-likeness (QED) is 0.704. The standard InChI is InChI=1S/C9H21NO3S2/c1-5-10-8(2)9(3)14(11)6-7-15(4,12)13/h8-10H,5-7H2,1-4H3. The zero-order chi connectivity index (χ0) is 12.1. The van der Waals surface area contributed by atoms with Crippen molar-refractivity contribution in [2.24, 2.45) is 0 Å². The molecule has 6 heteroatoms. The van der Waals surface area contributed by atoms with Crippen LogP contribution in [0.4, 0.5) is 0 Å². The van der Waals surface area contributed by atoms with Gasteiger partial charge in [-0.3, -0.25) is 4.21 Å². The van der Waals surface area contributed by atoms with Crippen molar-refractivity contribution < 1.29 is 12.6 Å². The van der Waals surface area contributed by atoms with E-state index in [0.717, 1.165) is 6.54 Å².